The van der Waals surface area contributed by atoms with Crippen molar-refractivity contribution in [3.63, 3.8) is 0 Å². The first kappa shape index (κ1) is 8.51. The van der Waals surface area contributed by atoms with E-state index in [2.05, 4.69) is 5.10 Å². The van der Waals surface area contributed by atoms with Crippen molar-refractivity contribution in [2.75, 3.05) is 12.4 Å². The molecule has 0 spiro atoms. The predicted molar refractivity (Wildman–Crippen MR) is 39.6 cm³/mol. The highest BCUT2D eigenvalue weighted by atomic mass is 19.1. The molecule has 0 saturated heterocycles. The van der Waals surface area contributed by atoms with Gasteiger partial charge in [-0.1, -0.05) is 0 Å². The van der Waals surface area contributed by atoms with Gasteiger partial charge in [-0.05, 0) is 0 Å². The zero-order valence-electron chi connectivity index (χ0n) is 6.20. The van der Waals surface area contributed by atoms with E-state index in [-0.39, 0.29) is 17.9 Å². The fraction of sp³-hybridized carbons (Fsp3) is 0.333. The molecular weight excluding hydrogens is 165 g/mol. The third-order valence-electron chi connectivity index (χ3n) is 1.37. The number of nitrogens with two attached hydrogens (primary N) is 1. The van der Waals surface area contributed by atoms with Crippen LogP contribution in [0.1, 0.15) is 10.5 Å². The Kier molecular flexibility index (Phi) is 2.27. The second-order valence-electron chi connectivity index (χ2n) is 2.17. The number of carboxylic acid groups (broad SMARTS) is 1. The Balaban J connectivity index is 3.04. The van der Waals surface area contributed by atoms with Crippen molar-refractivity contribution in [2.45, 2.75) is 6.54 Å². The van der Waals surface area contributed by atoms with E-state index in [0.717, 1.165) is 4.68 Å². The van der Waals surface area contributed by atoms with E-state index in [1.807, 2.05) is 0 Å². The Labute approximate surface area is 67.6 Å². The first-order chi connectivity index (χ1) is 5.66. The van der Waals surface area contributed by atoms with Crippen molar-refractivity contribution < 1.29 is 14.3 Å². The van der Waals surface area contributed by atoms with Gasteiger partial charge >= 0.3 is 5.97 Å². The molecule has 0 radical (unpaired) electrons. The zero-order valence-corrected chi connectivity index (χ0v) is 6.20. The molecule has 1 aromatic heterocycles. The van der Waals surface area contributed by atoms with E-state index < -0.39 is 12.6 Å². The maximum Gasteiger partial charge on any atom is 0.356 e. The van der Waals surface area contributed by atoms with Crippen LogP contribution >= 0.6 is 0 Å². The number of anilines is 1. The minimum absolute atomic E-state index is 0.0518. The average Bonchev–Trinajstić information content (AvgIpc) is 2.32. The molecule has 0 aliphatic rings. The molecule has 0 amide bonds. The van der Waals surface area contributed by atoms with Crippen molar-refractivity contribution in [1.29, 1.82) is 0 Å². The van der Waals surface area contributed by atoms with Crippen molar-refractivity contribution in [2.24, 2.45) is 0 Å². The molecule has 5 nitrogen and oxygen atoms in total. The highest BCUT2D eigenvalue weighted by Crippen LogP contribution is 2.09. The highest BCUT2D eigenvalue weighted by Gasteiger charge is 2.14. The van der Waals surface area contributed by atoms with Gasteiger partial charge in [0, 0.05) is 0 Å². The minimum Gasteiger partial charge on any atom is -0.476 e. The molecule has 6 heteroatoms. The van der Waals surface area contributed by atoms with Gasteiger partial charge in [0.15, 0.2) is 5.69 Å². The Hall–Kier alpha value is -1.59. The lowest BCUT2D eigenvalue weighted by molar-refractivity contribution is 0.0684. The largest absolute Gasteiger partial charge is 0.476 e. The summed E-state index contributed by atoms with van der Waals surface area (Å²) < 4.78 is 12.9. The summed E-state index contributed by atoms with van der Waals surface area (Å²) >= 11 is 0. The van der Waals surface area contributed by atoms with E-state index in [0.29, 0.717) is 0 Å². The number of nitrogen functional groups attached to an aromatic ring is 1. The fourth-order valence-corrected chi connectivity index (χ4v) is 0.883. The molecule has 0 fully saturated rings. The van der Waals surface area contributed by atoms with Gasteiger partial charge in [-0.25, -0.2) is 9.18 Å². The van der Waals surface area contributed by atoms with E-state index in [4.69, 9.17) is 10.8 Å². The number of aromatic nitrogens is 2. The molecule has 66 valence electrons. The molecule has 0 aromatic carbocycles. The fourth-order valence-electron chi connectivity index (χ4n) is 0.883. The first-order valence-electron chi connectivity index (χ1n) is 3.27. The van der Waals surface area contributed by atoms with Gasteiger partial charge in [-0.15, -0.1) is 0 Å². The Bertz CT molecular complexity index is 297. The summed E-state index contributed by atoms with van der Waals surface area (Å²) in [4.78, 5) is 10.5. The zero-order chi connectivity index (χ0) is 9.14. The van der Waals surface area contributed by atoms with E-state index in [9.17, 15) is 9.18 Å². The lowest BCUT2D eigenvalue weighted by atomic mass is 10.4. The molecule has 1 heterocycles. The number of rotatable bonds is 3. The summed E-state index contributed by atoms with van der Waals surface area (Å²) in [5.41, 5.74) is 5.18. The molecule has 0 saturated carbocycles. The number of carbonyl (C=O) groups is 1. The van der Waals surface area contributed by atoms with E-state index in [1.54, 1.807) is 0 Å². The van der Waals surface area contributed by atoms with Crippen molar-refractivity contribution in [3.8, 4) is 0 Å². The summed E-state index contributed by atoms with van der Waals surface area (Å²) in [5, 5.41) is 12.2. The molecule has 0 unspecified atom stereocenters. The summed E-state index contributed by atoms with van der Waals surface area (Å²) in [7, 11) is 0. The van der Waals surface area contributed by atoms with Gasteiger partial charge in [0.25, 0.3) is 0 Å². The molecule has 0 atom stereocenters. The maximum absolute atomic E-state index is 11.8. The molecule has 0 bridgehead atoms. The standard InChI is InChI=1S/C6H8FN3O2/c7-1-2-10-5(6(11)12)4(8)3-9-10/h3H,1-2,8H2,(H,11,12). The summed E-state index contributed by atoms with van der Waals surface area (Å²) in [6.45, 7) is -0.750. The van der Waals surface area contributed by atoms with Crippen LogP contribution in [0.5, 0.6) is 0 Å². The molecule has 1 rings (SSSR count). The molecule has 0 aliphatic carbocycles. The lowest BCUT2D eigenvalue weighted by Gasteiger charge is -1.99. The van der Waals surface area contributed by atoms with Gasteiger partial charge in [-0.2, -0.15) is 5.10 Å². The van der Waals surface area contributed by atoms with Crippen LogP contribution < -0.4 is 5.73 Å². The number of alkyl halides is 1. The third-order valence-corrected chi connectivity index (χ3v) is 1.37. The number of hydrogen-bond donors (Lipinski definition) is 2. The Morgan fingerprint density at radius 3 is 3.00 bits per heavy atom. The molecule has 3 N–H and O–H groups in total. The van der Waals surface area contributed by atoms with Crippen molar-refractivity contribution in [1.82, 2.24) is 9.78 Å². The monoisotopic (exact) mass is 173 g/mol. The van der Waals surface area contributed by atoms with Crippen LogP contribution in [0.4, 0.5) is 10.1 Å². The Morgan fingerprint density at radius 2 is 2.50 bits per heavy atom. The van der Waals surface area contributed by atoms with E-state index in [1.165, 1.54) is 6.20 Å². The van der Waals surface area contributed by atoms with Gasteiger partial charge < -0.3 is 10.8 Å². The van der Waals surface area contributed by atoms with Crippen LogP contribution in [0.2, 0.25) is 0 Å². The number of hydrogen-bond acceptors (Lipinski definition) is 3. The summed E-state index contributed by atoms with van der Waals surface area (Å²) in [6, 6.07) is 0. The normalized spacial score (nSPS) is 10.1. The average molecular weight is 173 g/mol. The molecule has 1 aromatic rings. The van der Waals surface area contributed by atoms with Gasteiger partial charge in [0.1, 0.15) is 6.67 Å². The number of aromatic carboxylic acids is 1. The Morgan fingerprint density at radius 1 is 1.83 bits per heavy atom. The van der Waals surface area contributed by atoms with Gasteiger partial charge in [-0.3, -0.25) is 4.68 Å². The smallest absolute Gasteiger partial charge is 0.356 e. The minimum atomic E-state index is -1.20. The SMILES string of the molecule is Nc1cnn(CCF)c1C(=O)O. The summed E-state index contributed by atoms with van der Waals surface area (Å²) in [5.74, 6) is -1.20. The second kappa shape index (κ2) is 3.21. The van der Waals surface area contributed by atoms with Crippen molar-refractivity contribution in [3.05, 3.63) is 11.9 Å². The van der Waals surface area contributed by atoms with Crippen LogP contribution in [0.25, 0.3) is 0 Å². The topological polar surface area (TPSA) is 81.1 Å². The number of aryl methyl sites for hydroxylation is 1. The highest BCUT2D eigenvalue weighted by molar-refractivity contribution is 5.91. The van der Waals surface area contributed by atoms with Crippen LogP contribution in [-0.2, 0) is 6.54 Å². The van der Waals surface area contributed by atoms with Crippen molar-refractivity contribution >= 4 is 11.7 Å². The van der Waals surface area contributed by atoms with Crippen LogP contribution in [0.15, 0.2) is 6.20 Å². The number of halogens is 1. The summed E-state index contributed by atoms with van der Waals surface area (Å²) in [6.07, 6.45) is 1.19. The van der Waals surface area contributed by atoms with Crippen LogP contribution in [0, 0.1) is 0 Å². The molecule has 0 aliphatic heterocycles. The van der Waals surface area contributed by atoms with Crippen LogP contribution in [0.3, 0.4) is 0 Å². The third kappa shape index (κ3) is 1.36. The first-order valence-corrected chi connectivity index (χ1v) is 3.27. The van der Waals surface area contributed by atoms with Gasteiger partial charge in [0.2, 0.25) is 0 Å². The second-order valence-corrected chi connectivity index (χ2v) is 2.17. The predicted octanol–water partition coefficient (Wildman–Crippen LogP) is 0.133. The maximum atomic E-state index is 11.8. The number of nitrogens with zero attached hydrogens (tertiary/aromatic N) is 2. The lowest BCUT2D eigenvalue weighted by Crippen LogP contribution is -2.12. The number of carboxylic acids is 1. The molecule has 12 heavy (non-hydrogen) atoms. The quantitative estimate of drug-likeness (QED) is 0.680. The van der Waals surface area contributed by atoms with Crippen LogP contribution in [-0.4, -0.2) is 27.5 Å². The van der Waals surface area contributed by atoms with Gasteiger partial charge in [0.05, 0.1) is 18.4 Å². The molecular formula is C6H8FN3O2. The van der Waals surface area contributed by atoms with E-state index >= 15 is 0 Å².